The number of anilines is 1. The third-order valence-corrected chi connectivity index (χ3v) is 4.07. The number of ether oxygens (including phenoxy) is 1. The predicted molar refractivity (Wildman–Crippen MR) is 99.2 cm³/mol. The Labute approximate surface area is 150 Å². The normalized spacial score (nSPS) is 16.3. The second-order valence-corrected chi connectivity index (χ2v) is 5.82. The summed E-state index contributed by atoms with van der Waals surface area (Å²) in [5.41, 5.74) is 1.35. The van der Waals surface area contributed by atoms with Crippen molar-refractivity contribution < 1.29 is 14.3 Å². The van der Waals surface area contributed by atoms with Crippen molar-refractivity contribution >= 4 is 40.9 Å². The Morgan fingerprint density at radius 1 is 1.20 bits per heavy atom. The van der Waals surface area contributed by atoms with Gasteiger partial charge in [0.15, 0.2) is 5.11 Å². The van der Waals surface area contributed by atoms with E-state index in [0.717, 1.165) is 5.69 Å². The summed E-state index contributed by atoms with van der Waals surface area (Å²) in [7, 11) is 1.84. The Hall–Kier alpha value is -2.93. The van der Waals surface area contributed by atoms with Gasteiger partial charge in [-0.3, -0.25) is 19.8 Å². The van der Waals surface area contributed by atoms with Gasteiger partial charge >= 0.3 is 0 Å². The molecule has 1 aliphatic rings. The van der Waals surface area contributed by atoms with Crippen LogP contribution in [0.5, 0.6) is 5.75 Å². The molecule has 0 atom stereocenters. The zero-order valence-electron chi connectivity index (χ0n) is 13.9. The van der Waals surface area contributed by atoms with E-state index in [2.05, 4.69) is 5.32 Å². The number of rotatable bonds is 4. The molecule has 2 aromatic rings. The summed E-state index contributed by atoms with van der Waals surface area (Å²) < 4.78 is 7.22. The monoisotopic (exact) mass is 355 g/mol. The molecule has 1 fully saturated rings. The minimum atomic E-state index is -0.501. The number of thiocarbonyl (C=S) groups is 1. The van der Waals surface area contributed by atoms with Gasteiger partial charge < -0.3 is 9.30 Å². The Morgan fingerprint density at radius 2 is 1.92 bits per heavy atom. The summed E-state index contributed by atoms with van der Waals surface area (Å²) >= 11 is 5.18. The molecule has 1 N–H and O–H groups in total. The number of amides is 2. The smallest absolute Gasteiger partial charge is 0.270 e. The Bertz CT molecular complexity index is 868. The van der Waals surface area contributed by atoms with Gasteiger partial charge in [0.05, 0.1) is 12.3 Å². The fraction of sp³-hybridized carbons (Fsp3) is 0.167. The summed E-state index contributed by atoms with van der Waals surface area (Å²) in [4.78, 5) is 26.4. The van der Waals surface area contributed by atoms with Crippen molar-refractivity contribution in [3.8, 4) is 5.75 Å². The lowest BCUT2D eigenvalue weighted by molar-refractivity contribution is -0.122. The lowest BCUT2D eigenvalue weighted by Gasteiger charge is -2.29. The molecule has 0 radical (unpaired) electrons. The molecular weight excluding hydrogens is 338 g/mol. The molecule has 0 aliphatic carbocycles. The number of nitrogens with zero attached hydrogens (tertiary/aromatic N) is 2. The van der Waals surface area contributed by atoms with Crippen LogP contribution in [0, 0.1) is 0 Å². The second-order valence-electron chi connectivity index (χ2n) is 5.43. The number of hydrogen-bond acceptors (Lipinski definition) is 4. The lowest BCUT2D eigenvalue weighted by Crippen LogP contribution is -2.54. The van der Waals surface area contributed by atoms with Crippen LogP contribution >= 0.6 is 12.2 Å². The van der Waals surface area contributed by atoms with E-state index < -0.39 is 11.8 Å². The first-order chi connectivity index (χ1) is 12.0. The maximum atomic E-state index is 12.9. The summed E-state index contributed by atoms with van der Waals surface area (Å²) in [6.07, 6.45) is 3.40. The number of aromatic nitrogens is 1. The minimum Gasteiger partial charge on any atom is -0.494 e. The summed E-state index contributed by atoms with van der Waals surface area (Å²) in [5.74, 6) is -0.261. The van der Waals surface area contributed by atoms with E-state index in [1.807, 2.05) is 36.9 Å². The Balaban J connectivity index is 1.95. The fourth-order valence-electron chi connectivity index (χ4n) is 2.52. The first kappa shape index (κ1) is 16.9. The average molecular weight is 355 g/mol. The molecule has 0 spiro atoms. The van der Waals surface area contributed by atoms with Gasteiger partial charge in [-0.25, -0.2) is 0 Å². The Kier molecular flexibility index (Phi) is 4.67. The van der Waals surface area contributed by atoms with E-state index in [1.54, 1.807) is 30.3 Å². The zero-order valence-corrected chi connectivity index (χ0v) is 14.7. The molecule has 6 nitrogen and oxygen atoms in total. The highest BCUT2D eigenvalue weighted by Gasteiger charge is 2.34. The van der Waals surface area contributed by atoms with Crippen molar-refractivity contribution in [1.82, 2.24) is 9.88 Å². The quantitative estimate of drug-likeness (QED) is 0.519. The summed E-state index contributed by atoms with van der Waals surface area (Å²) in [5, 5.41) is 2.63. The van der Waals surface area contributed by atoms with Crippen LogP contribution in [0.15, 0.2) is 48.2 Å². The van der Waals surface area contributed by atoms with Crippen LogP contribution in [0.3, 0.4) is 0 Å². The molecule has 0 saturated carbocycles. The molecule has 2 heterocycles. The first-order valence-corrected chi connectivity index (χ1v) is 8.17. The van der Waals surface area contributed by atoms with Crippen LogP contribution in [0.4, 0.5) is 5.69 Å². The van der Waals surface area contributed by atoms with E-state index in [-0.39, 0.29) is 10.7 Å². The SMILES string of the molecule is CCOc1ccc(N2C(=O)/C(=C/c3cccn3C)C(=O)NC2=S)cc1. The lowest BCUT2D eigenvalue weighted by atomic mass is 10.1. The van der Waals surface area contributed by atoms with Gasteiger partial charge in [-0.2, -0.15) is 0 Å². The highest BCUT2D eigenvalue weighted by atomic mass is 32.1. The fourth-order valence-corrected chi connectivity index (χ4v) is 2.80. The van der Waals surface area contributed by atoms with Gasteiger partial charge in [0, 0.05) is 18.9 Å². The van der Waals surface area contributed by atoms with Crippen LogP contribution in [0.1, 0.15) is 12.6 Å². The first-order valence-electron chi connectivity index (χ1n) is 7.77. The molecule has 0 bridgehead atoms. The molecule has 2 amide bonds. The molecule has 128 valence electrons. The maximum absolute atomic E-state index is 12.9. The summed E-state index contributed by atoms with van der Waals surface area (Å²) in [6.45, 7) is 2.45. The van der Waals surface area contributed by atoms with Crippen molar-refractivity contribution in [2.45, 2.75) is 6.92 Å². The van der Waals surface area contributed by atoms with Gasteiger partial charge in [-0.05, 0) is 61.6 Å². The highest BCUT2D eigenvalue weighted by molar-refractivity contribution is 7.80. The molecule has 25 heavy (non-hydrogen) atoms. The number of nitrogens with one attached hydrogen (secondary N) is 1. The van der Waals surface area contributed by atoms with Crippen molar-refractivity contribution in [2.24, 2.45) is 7.05 Å². The van der Waals surface area contributed by atoms with Gasteiger partial charge in [0.25, 0.3) is 11.8 Å². The van der Waals surface area contributed by atoms with E-state index in [9.17, 15) is 9.59 Å². The van der Waals surface area contributed by atoms with Crippen LogP contribution in [-0.2, 0) is 16.6 Å². The van der Waals surface area contributed by atoms with E-state index in [1.165, 1.54) is 4.90 Å². The van der Waals surface area contributed by atoms with Gasteiger partial charge in [-0.1, -0.05) is 0 Å². The summed E-state index contributed by atoms with van der Waals surface area (Å²) in [6, 6.07) is 10.6. The molecule has 1 aromatic carbocycles. The molecule has 1 saturated heterocycles. The number of carbonyl (C=O) groups excluding carboxylic acids is 2. The highest BCUT2D eigenvalue weighted by Crippen LogP contribution is 2.24. The van der Waals surface area contributed by atoms with Crippen molar-refractivity contribution in [2.75, 3.05) is 11.5 Å². The standard InChI is InChI=1S/C18H17N3O3S/c1-3-24-14-8-6-12(7-9-14)21-17(23)15(16(22)19-18(21)25)11-13-5-4-10-20(13)2/h4-11H,3H2,1-2H3,(H,19,22,25)/b15-11+. The number of aryl methyl sites for hydroxylation is 1. The molecule has 7 heteroatoms. The van der Waals surface area contributed by atoms with E-state index in [0.29, 0.717) is 18.0 Å². The van der Waals surface area contributed by atoms with E-state index >= 15 is 0 Å². The second kappa shape index (κ2) is 6.90. The molecule has 1 aromatic heterocycles. The Morgan fingerprint density at radius 3 is 2.52 bits per heavy atom. The zero-order chi connectivity index (χ0) is 18.0. The maximum Gasteiger partial charge on any atom is 0.270 e. The van der Waals surface area contributed by atoms with Crippen molar-refractivity contribution in [3.05, 3.63) is 53.9 Å². The third kappa shape index (κ3) is 3.32. The number of hydrogen-bond donors (Lipinski definition) is 1. The third-order valence-electron chi connectivity index (χ3n) is 3.78. The van der Waals surface area contributed by atoms with E-state index in [4.69, 9.17) is 17.0 Å². The van der Waals surface area contributed by atoms with Crippen LogP contribution in [0.25, 0.3) is 6.08 Å². The molecule has 3 rings (SSSR count). The topological polar surface area (TPSA) is 63.6 Å². The molecule has 0 unspecified atom stereocenters. The minimum absolute atomic E-state index is 0.0317. The largest absolute Gasteiger partial charge is 0.494 e. The van der Waals surface area contributed by atoms with Gasteiger partial charge in [0.2, 0.25) is 0 Å². The van der Waals surface area contributed by atoms with Crippen LogP contribution in [-0.4, -0.2) is 28.1 Å². The van der Waals surface area contributed by atoms with Gasteiger partial charge in [-0.15, -0.1) is 0 Å². The molecule has 1 aliphatic heterocycles. The van der Waals surface area contributed by atoms with Crippen LogP contribution < -0.4 is 15.0 Å². The number of carbonyl (C=O) groups is 2. The van der Waals surface area contributed by atoms with Crippen LogP contribution in [0.2, 0.25) is 0 Å². The molecular formula is C18H17N3O3S. The number of benzene rings is 1. The predicted octanol–water partition coefficient (Wildman–Crippen LogP) is 2.26. The van der Waals surface area contributed by atoms with Crippen molar-refractivity contribution in [1.29, 1.82) is 0 Å². The van der Waals surface area contributed by atoms with Gasteiger partial charge in [0.1, 0.15) is 11.3 Å². The average Bonchev–Trinajstić information content (AvgIpc) is 2.98. The van der Waals surface area contributed by atoms with Crippen molar-refractivity contribution in [3.63, 3.8) is 0 Å².